The summed E-state index contributed by atoms with van der Waals surface area (Å²) in [5.41, 5.74) is -6.97. The van der Waals surface area contributed by atoms with E-state index in [-0.39, 0.29) is 68.9 Å². The summed E-state index contributed by atoms with van der Waals surface area (Å²) in [4.78, 5) is 0. The van der Waals surface area contributed by atoms with E-state index in [1.165, 1.54) is 0 Å². The molecule has 0 saturated heterocycles. The van der Waals surface area contributed by atoms with Gasteiger partial charge in [0.05, 0.1) is 0 Å². The molecule has 0 nitrogen and oxygen atoms in total. The molecule has 0 fully saturated rings. The zero-order valence-corrected chi connectivity index (χ0v) is 13.9. The summed E-state index contributed by atoms with van der Waals surface area (Å²) in [6, 6.07) is 0. The summed E-state index contributed by atoms with van der Waals surface area (Å²) >= 11 is 3.66. The van der Waals surface area contributed by atoms with Gasteiger partial charge >= 0.3 is 74.5 Å². The average Bonchev–Trinajstić information content (AvgIpc) is 1.77. The van der Waals surface area contributed by atoms with E-state index in [0.717, 1.165) is 0 Å². The fraction of sp³-hybridized carbons (Fsp3) is 1.00. The van der Waals surface area contributed by atoms with Crippen LogP contribution in [0.15, 0.2) is 0 Å². The predicted molar refractivity (Wildman–Crippen MR) is 29.8 cm³/mol. The average molecular weight is 386 g/mol. The standard InChI is InChI=1S/C3BClF9.Cs/c5-4(1(6,7)8,2(9,10)11)3(12,13)14;/q-1;+1. The van der Waals surface area contributed by atoms with Crippen molar-refractivity contribution in [3.05, 3.63) is 0 Å². The van der Waals surface area contributed by atoms with Crippen molar-refractivity contribution in [3.63, 3.8) is 0 Å². The van der Waals surface area contributed by atoms with Gasteiger partial charge in [-0.05, 0) is 0 Å². The minimum atomic E-state index is -6.97. The van der Waals surface area contributed by atoms with Gasteiger partial charge in [0.2, 0.25) is 0 Å². The van der Waals surface area contributed by atoms with Crippen molar-refractivity contribution in [2.75, 3.05) is 0 Å². The molecule has 0 saturated carbocycles. The van der Waals surface area contributed by atoms with Crippen LogP contribution in [-0.4, -0.2) is 23.8 Å². The normalized spacial score (nSPS) is 14.8. The molecule has 0 aromatic heterocycles. The largest absolute Gasteiger partial charge is 1.00 e. The van der Waals surface area contributed by atoms with Gasteiger partial charge in [-0.2, -0.15) is 0 Å². The van der Waals surface area contributed by atoms with E-state index >= 15 is 0 Å². The molecule has 0 aromatic rings. The van der Waals surface area contributed by atoms with E-state index in [1.807, 2.05) is 0 Å². The van der Waals surface area contributed by atoms with Crippen molar-refractivity contribution in [2.45, 2.75) is 18.2 Å². The summed E-state index contributed by atoms with van der Waals surface area (Å²) in [5.74, 6) is 0. The second-order valence-corrected chi connectivity index (χ2v) is 3.04. The maximum atomic E-state index is 11.6. The smallest absolute Gasteiger partial charge is 0.361 e. The van der Waals surface area contributed by atoms with Crippen LogP contribution < -0.4 is 68.9 Å². The Balaban J connectivity index is 0. The molecule has 0 spiro atoms. The molecule has 0 unspecified atom stereocenters. The fourth-order valence-electron chi connectivity index (χ4n) is 0.557. The first-order valence-electron chi connectivity index (χ1n) is 2.79. The molecule has 0 aliphatic carbocycles. The first kappa shape index (κ1) is 19.1. The minimum absolute atomic E-state index is 0. The third kappa shape index (κ3) is 3.62. The van der Waals surface area contributed by atoms with Crippen LogP contribution in [0.1, 0.15) is 0 Å². The molecular formula is C3BClCsF9. The van der Waals surface area contributed by atoms with Crippen LogP contribution in [0.2, 0.25) is 0 Å². The summed E-state index contributed by atoms with van der Waals surface area (Å²) in [6.07, 6.45) is -19.8. The third-order valence-electron chi connectivity index (χ3n) is 1.35. The van der Waals surface area contributed by atoms with Gasteiger partial charge in [-0.3, -0.25) is 0 Å². The van der Waals surface area contributed by atoms with Gasteiger partial charge < -0.3 is 11.5 Å². The SMILES string of the molecule is FC(F)(F)[B-](Cl)(C(F)(F)F)C(F)(F)F.[Cs+]. The Morgan fingerprint density at radius 1 is 0.600 bits per heavy atom. The molecule has 86 valence electrons. The molecule has 0 N–H and O–H groups in total. The van der Waals surface area contributed by atoms with E-state index in [1.54, 1.807) is 0 Å². The van der Waals surface area contributed by atoms with E-state index < -0.39 is 23.8 Å². The summed E-state index contributed by atoms with van der Waals surface area (Å²) in [7, 11) is 0. The predicted octanol–water partition coefficient (Wildman–Crippen LogP) is 0.479. The molecule has 0 aliphatic heterocycles. The van der Waals surface area contributed by atoms with Crippen molar-refractivity contribution < 1.29 is 108 Å². The Labute approximate surface area is 141 Å². The van der Waals surface area contributed by atoms with E-state index in [9.17, 15) is 39.5 Å². The van der Waals surface area contributed by atoms with Crippen molar-refractivity contribution in [1.82, 2.24) is 0 Å². The van der Waals surface area contributed by atoms with E-state index in [0.29, 0.717) is 0 Å². The van der Waals surface area contributed by atoms with Gasteiger partial charge in [0.25, 0.3) is 18.2 Å². The zero-order valence-electron chi connectivity index (χ0n) is 6.86. The Morgan fingerprint density at radius 2 is 0.733 bits per heavy atom. The molecule has 0 rings (SSSR count). The van der Waals surface area contributed by atoms with Crippen molar-refractivity contribution in [2.24, 2.45) is 0 Å². The van der Waals surface area contributed by atoms with Crippen molar-refractivity contribution >= 4 is 17.0 Å². The topological polar surface area (TPSA) is 0 Å². The maximum absolute atomic E-state index is 11.6. The van der Waals surface area contributed by atoms with Gasteiger partial charge in [-0.25, -0.2) is 39.5 Å². The number of hydrogen-bond acceptors (Lipinski definition) is 0. The summed E-state index contributed by atoms with van der Waals surface area (Å²) in [5, 5.41) is 0. The van der Waals surface area contributed by atoms with Gasteiger partial charge in [0, 0.05) is 0 Å². The molecule has 0 heterocycles. The molecule has 0 radical (unpaired) electrons. The van der Waals surface area contributed by atoms with Crippen molar-refractivity contribution in [3.8, 4) is 0 Å². The molecule has 0 bridgehead atoms. The molecule has 15 heavy (non-hydrogen) atoms. The van der Waals surface area contributed by atoms with Crippen LogP contribution in [0.3, 0.4) is 0 Å². The van der Waals surface area contributed by atoms with Crippen LogP contribution in [0.25, 0.3) is 0 Å². The quantitative estimate of drug-likeness (QED) is 0.420. The Hall–Kier alpha value is 1.78. The number of alkyl halides is 9. The molecule has 0 aliphatic rings. The first-order chi connectivity index (χ1) is 5.75. The number of halogens is 10. The number of hydrogen-bond donors (Lipinski definition) is 0. The third-order valence-corrected chi connectivity index (χ3v) is 2.10. The van der Waals surface area contributed by atoms with Gasteiger partial charge in [0.1, 0.15) is 0 Å². The first-order valence-corrected chi connectivity index (χ1v) is 3.22. The van der Waals surface area contributed by atoms with Crippen molar-refractivity contribution in [1.29, 1.82) is 0 Å². The van der Waals surface area contributed by atoms with Crippen LogP contribution in [-0.2, 0) is 0 Å². The summed E-state index contributed by atoms with van der Waals surface area (Å²) < 4.78 is 104. The Bertz CT molecular complexity index is 179. The fourth-order valence-corrected chi connectivity index (χ4v) is 0.557. The molecule has 0 atom stereocenters. The van der Waals surface area contributed by atoms with E-state index in [4.69, 9.17) is 0 Å². The van der Waals surface area contributed by atoms with Crippen LogP contribution >= 0.6 is 11.5 Å². The molecule has 0 amide bonds. The zero-order chi connectivity index (χ0) is 12.0. The number of rotatable bonds is 0. The minimum Gasteiger partial charge on any atom is -0.361 e. The van der Waals surface area contributed by atoms with Gasteiger partial charge in [0.15, 0.2) is 0 Å². The van der Waals surface area contributed by atoms with Gasteiger partial charge in [-0.15, -0.1) is 0 Å². The van der Waals surface area contributed by atoms with Gasteiger partial charge in [-0.1, -0.05) is 0 Å². The molecule has 12 heteroatoms. The molecule has 0 aromatic carbocycles. The second kappa shape index (κ2) is 5.18. The maximum Gasteiger partial charge on any atom is 1.00 e. The Kier molecular flexibility index (Phi) is 6.61. The Morgan fingerprint density at radius 3 is 0.733 bits per heavy atom. The monoisotopic (exact) mass is 386 g/mol. The van der Waals surface area contributed by atoms with Crippen LogP contribution in [0.4, 0.5) is 39.5 Å². The second-order valence-electron chi connectivity index (χ2n) is 2.39. The van der Waals surface area contributed by atoms with E-state index in [2.05, 4.69) is 11.5 Å². The van der Waals surface area contributed by atoms with Crippen LogP contribution in [0, 0.1) is 0 Å². The summed E-state index contributed by atoms with van der Waals surface area (Å²) in [6.45, 7) is 0. The van der Waals surface area contributed by atoms with Crippen LogP contribution in [0.5, 0.6) is 0 Å². The molecular weight excluding hydrogens is 386 g/mol.